The van der Waals surface area contributed by atoms with Gasteiger partial charge in [-0.15, -0.1) is 0 Å². The van der Waals surface area contributed by atoms with Crippen LogP contribution in [-0.4, -0.2) is 5.91 Å². The summed E-state index contributed by atoms with van der Waals surface area (Å²) in [6, 6.07) is 15.9. The maximum absolute atomic E-state index is 13.1. The van der Waals surface area contributed by atoms with E-state index in [1.54, 1.807) is 47.6 Å². The van der Waals surface area contributed by atoms with Crippen LogP contribution in [0.1, 0.15) is 16.1 Å². The van der Waals surface area contributed by atoms with Crippen LogP contribution in [0.15, 0.2) is 71.3 Å². The van der Waals surface area contributed by atoms with Crippen LogP contribution in [0.2, 0.25) is 5.02 Å². The highest BCUT2D eigenvalue weighted by Gasteiger charge is 2.19. The van der Waals surface area contributed by atoms with Crippen molar-refractivity contribution in [3.05, 3.63) is 89.1 Å². The van der Waals surface area contributed by atoms with Gasteiger partial charge in [-0.2, -0.15) is 0 Å². The van der Waals surface area contributed by atoms with Crippen LogP contribution in [0, 0.1) is 5.82 Å². The van der Waals surface area contributed by atoms with Crippen LogP contribution in [0.25, 0.3) is 0 Å². The summed E-state index contributed by atoms with van der Waals surface area (Å²) in [5.74, 6) is 0.0183. The Kier molecular flexibility index (Phi) is 4.44. The first-order chi connectivity index (χ1) is 11.1. The van der Waals surface area contributed by atoms with Crippen molar-refractivity contribution < 1.29 is 13.6 Å². The molecule has 0 radical (unpaired) electrons. The third-order valence-electron chi connectivity index (χ3n) is 3.37. The van der Waals surface area contributed by atoms with E-state index < -0.39 is 0 Å². The van der Waals surface area contributed by atoms with Gasteiger partial charge in [-0.25, -0.2) is 4.39 Å². The maximum Gasteiger partial charge on any atom is 0.258 e. The number of hydrogen-bond acceptors (Lipinski definition) is 2. The number of rotatable bonds is 4. The molecule has 0 saturated carbocycles. The number of carbonyl (C=O) groups excluding carboxylic acids is 1. The summed E-state index contributed by atoms with van der Waals surface area (Å²) in [4.78, 5) is 14.4. The fraction of sp³-hybridized carbons (Fsp3) is 0.0556. The average Bonchev–Trinajstić information content (AvgIpc) is 3.07. The van der Waals surface area contributed by atoms with Gasteiger partial charge in [-0.1, -0.05) is 11.6 Å². The molecule has 3 nitrogen and oxygen atoms in total. The van der Waals surface area contributed by atoms with Crippen molar-refractivity contribution in [2.24, 2.45) is 0 Å². The number of benzene rings is 2. The molecule has 5 heteroatoms. The van der Waals surface area contributed by atoms with Gasteiger partial charge < -0.3 is 9.32 Å². The van der Waals surface area contributed by atoms with Crippen molar-refractivity contribution in [2.75, 3.05) is 4.90 Å². The number of carbonyl (C=O) groups is 1. The second-order valence-electron chi connectivity index (χ2n) is 4.95. The quantitative estimate of drug-likeness (QED) is 0.680. The highest BCUT2D eigenvalue weighted by molar-refractivity contribution is 6.30. The molecule has 0 saturated heterocycles. The first-order valence-corrected chi connectivity index (χ1v) is 7.36. The zero-order chi connectivity index (χ0) is 16.2. The molecule has 0 atom stereocenters. The Morgan fingerprint density at radius 1 is 1.04 bits per heavy atom. The van der Waals surface area contributed by atoms with Gasteiger partial charge in [-0.3, -0.25) is 4.79 Å². The van der Waals surface area contributed by atoms with Gasteiger partial charge in [0, 0.05) is 16.3 Å². The van der Waals surface area contributed by atoms with Crippen LogP contribution in [0.5, 0.6) is 0 Å². The molecule has 0 aliphatic heterocycles. The minimum Gasteiger partial charge on any atom is -0.467 e. The predicted molar refractivity (Wildman–Crippen MR) is 87.1 cm³/mol. The zero-order valence-corrected chi connectivity index (χ0v) is 12.8. The summed E-state index contributed by atoms with van der Waals surface area (Å²) >= 11 is 5.91. The topological polar surface area (TPSA) is 33.5 Å². The van der Waals surface area contributed by atoms with E-state index in [4.69, 9.17) is 16.0 Å². The maximum atomic E-state index is 13.1. The normalized spacial score (nSPS) is 10.5. The van der Waals surface area contributed by atoms with Gasteiger partial charge in [0.15, 0.2) is 0 Å². The van der Waals surface area contributed by atoms with Gasteiger partial charge in [-0.05, 0) is 60.7 Å². The molecule has 116 valence electrons. The summed E-state index contributed by atoms with van der Waals surface area (Å²) in [5.41, 5.74) is 1.08. The Morgan fingerprint density at radius 3 is 2.35 bits per heavy atom. The molecule has 1 aromatic heterocycles. The standard InChI is InChI=1S/C18H13ClFNO2/c19-14-5-9-16(10-6-14)21(12-17-2-1-11-23-17)18(22)13-3-7-15(20)8-4-13/h1-11H,12H2. The molecule has 0 spiro atoms. The molecule has 0 bridgehead atoms. The van der Waals surface area contributed by atoms with Crippen molar-refractivity contribution >= 4 is 23.2 Å². The number of hydrogen-bond donors (Lipinski definition) is 0. The third-order valence-corrected chi connectivity index (χ3v) is 3.62. The molecule has 0 fully saturated rings. The molecule has 3 aromatic rings. The highest BCUT2D eigenvalue weighted by Crippen LogP contribution is 2.22. The summed E-state index contributed by atoms with van der Waals surface area (Å²) in [6.45, 7) is 0.269. The van der Waals surface area contributed by atoms with E-state index in [9.17, 15) is 9.18 Å². The van der Waals surface area contributed by atoms with E-state index in [0.29, 0.717) is 22.0 Å². The Hall–Kier alpha value is -2.59. The highest BCUT2D eigenvalue weighted by atomic mass is 35.5. The lowest BCUT2D eigenvalue weighted by Gasteiger charge is -2.22. The smallest absolute Gasteiger partial charge is 0.258 e. The molecular weight excluding hydrogens is 317 g/mol. The van der Waals surface area contributed by atoms with Crippen LogP contribution in [0.3, 0.4) is 0 Å². The van der Waals surface area contributed by atoms with Gasteiger partial charge in [0.05, 0.1) is 12.8 Å². The Balaban J connectivity index is 1.95. The lowest BCUT2D eigenvalue weighted by Crippen LogP contribution is -2.30. The minimum atomic E-state index is -0.384. The first kappa shape index (κ1) is 15.3. The van der Waals surface area contributed by atoms with Gasteiger partial charge in [0.2, 0.25) is 0 Å². The van der Waals surface area contributed by atoms with E-state index in [1.807, 2.05) is 0 Å². The first-order valence-electron chi connectivity index (χ1n) is 6.99. The minimum absolute atomic E-state index is 0.247. The van der Waals surface area contributed by atoms with Crippen molar-refractivity contribution in [2.45, 2.75) is 6.54 Å². The van der Waals surface area contributed by atoms with Crippen molar-refractivity contribution in [3.63, 3.8) is 0 Å². The monoisotopic (exact) mass is 329 g/mol. The molecule has 2 aromatic carbocycles. The fourth-order valence-electron chi connectivity index (χ4n) is 2.21. The predicted octanol–water partition coefficient (Wildman–Crippen LogP) is 4.92. The number of furan rings is 1. The molecule has 23 heavy (non-hydrogen) atoms. The lowest BCUT2D eigenvalue weighted by atomic mass is 10.1. The van der Waals surface area contributed by atoms with Crippen molar-refractivity contribution in [1.29, 1.82) is 0 Å². The van der Waals surface area contributed by atoms with E-state index >= 15 is 0 Å². The number of nitrogens with zero attached hydrogens (tertiary/aromatic N) is 1. The van der Waals surface area contributed by atoms with E-state index in [0.717, 1.165) is 0 Å². The summed E-state index contributed by atoms with van der Waals surface area (Å²) in [7, 11) is 0. The molecule has 0 aliphatic carbocycles. The van der Waals surface area contributed by atoms with Crippen molar-refractivity contribution in [1.82, 2.24) is 0 Å². The largest absolute Gasteiger partial charge is 0.467 e. The van der Waals surface area contributed by atoms with Crippen LogP contribution in [0.4, 0.5) is 10.1 Å². The third kappa shape index (κ3) is 3.60. The van der Waals surface area contributed by atoms with E-state index in [2.05, 4.69) is 0 Å². The van der Waals surface area contributed by atoms with E-state index in [1.165, 1.54) is 24.3 Å². The molecular formula is C18H13ClFNO2. The average molecular weight is 330 g/mol. The molecule has 0 unspecified atom stereocenters. The van der Waals surface area contributed by atoms with Crippen LogP contribution < -0.4 is 4.90 Å². The fourth-order valence-corrected chi connectivity index (χ4v) is 2.33. The van der Waals surface area contributed by atoms with Gasteiger partial charge in [0.1, 0.15) is 11.6 Å². The van der Waals surface area contributed by atoms with Gasteiger partial charge in [0.25, 0.3) is 5.91 Å². The SMILES string of the molecule is O=C(c1ccc(F)cc1)N(Cc1ccco1)c1ccc(Cl)cc1. The van der Waals surface area contributed by atoms with Gasteiger partial charge >= 0.3 is 0 Å². The van der Waals surface area contributed by atoms with Crippen molar-refractivity contribution in [3.8, 4) is 0 Å². The molecule has 1 heterocycles. The Labute approximate surface area is 137 Å². The second-order valence-corrected chi connectivity index (χ2v) is 5.39. The zero-order valence-electron chi connectivity index (χ0n) is 12.1. The molecule has 3 rings (SSSR count). The Bertz CT molecular complexity index is 783. The second kappa shape index (κ2) is 6.67. The number of halogens is 2. The molecule has 1 amide bonds. The number of amides is 1. The summed E-state index contributed by atoms with van der Waals surface area (Å²) < 4.78 is 18.4. The van der Waals surface area contributed by atoms with E-state index in [-0.39, 0.29) is 18.3 Å². The summed E-state index contributed by atoms with van der Waals surface area (Å²) in [6.07, 6.45) is 1.55. The Morgan fingerprint density at radius 2 is 1.74 bits per heavy atom. The van der Waals surface area contributed by atoms with Crippen LogP contribution in [-0.2, 0) is 6.54 Å². The molecule has 0 N–H and O–H groups in total. The van der Waals surface area contributed by atoms with Crippen LogP contribution >= 0.6 is 11.6 Å². The number of anilines is 1. The lowest BCUT2D eigenvalue weighted by molar-refractivity contribution is 0.0983. The summed E-state index contributed by atoms with van der Waals surface area (Å²) in [5, 5.41) is 0.584. The molecule has 0 aliphatic rings.